The summed E-state index contributed by atoms with van der Waals surface area (Å²) < 4.78 is 8.82. The van der Waals surface area contributed by atoms with Gasteiger partial charge in [0.05, 0.1) is 0 Å². The van der Waals surface area contributed by atoms with Crippen LogP contribution >= 0.6 is 0 Å². The Labute approximate surface area is 384 Å². The molecule has 0 saturated heterocycles. The van der Waals surface area contributed by atoms with Crippen molar-refractivity contribution >= 4 is 44.6 Å². The van der Waals surface area contributed by atoms with E-state index in [-0.39, 0.29) is 58.4 Å². The Morgan fingerprint density at radius 2 is 1.17 bits per heavy atom. The van der Waals surface area contributed by atoms with Gasteiger partial charge in [0.2, 0.25) is 0 Å². The second-order valence-corrected chi connectivity index (χ2v) is 17.9. The summed E-state index contributed by atoms with van der Waals surface area (Å²) in [6.07, 6.45) is 1.91. The Morgan fingerprint density at radius 3 is 1.87 bits per heavy atom. The van der Waals surface area contributed by atoms with E-state index in [9.17, 15) is 0 Å². The number of hydrogen-bond donors (Lipinski definition) is 0. The maximum absolute atomic E-state index is 6.62. The molecule has 60 heavy (non-hydrogen) atoms. The molecule has 310 valence electrons. The molecule has 7 heteroatoms. The number of rotatable bonds is 7. The van der Waals surface area contributed by atoms with Gasteiger partial charge in [0, 0.05) is 87.8 Å². The number of nitrogens with zero attached hydrogens (tertiary/aromatic N) is 4. The number of pyridine rings is 1. The Balaban J connectivity index is 0.00000272. The predicted molar refractivity (Wildman–Crippen MR) is 240 cm³/mol. The van der Waals surface area contributed by atoms with Crippen molar-refractivity contribution in [3.8, 4) is 17.3 Å². The van der Waals surface area contributed by atoms with E-state index in [2.05, 4.69) is 210 Å². The first-order chi connectivity index (χ1) is 27.8. The van der Waals surface area contributed by atoms with Gasteiger partial charge in [-0.3, -0.25) is 0 Å². The largest absolute Gasteiger partial charge is 0.509 e. The van der Waals surface area contributed by atoms with E-state index >= 15 is 0 Å². The molecule has 1 aliphatic rings. The fourth-order valence-corrected chi connectivity index (χ4v) is 8.00. The Kier molecular flexibility index (Phi) is 11.9. The molecule has 0 N–H and O–H groups in total. The Hall–Kier alpha value is -4.95. The molecule has 9 rings (SSSR count). The first kappa shape index (κ1) is 43.1. The maximum atomic E-state index is 6.62. The van der Waals surface area contributed by atoms with E-state index in [4.69, 9.17) is 9.72 Å². The van der Waals surface area contributed by atoms with E-state index in [1.165, 1.54) is 22.3 Å². The summed E-state index contributed by atoms with van der Waals surface area (Å²) in [5, 5.41) is 2.22. The zero-order valence-corrected chi connectivity index (χ0v) is 39.8. The van der Waals surface area contributed by atoms with Gasteiger partial charge >= 0.3 is 0 Å². The average molecular weight is 1150 g/mol. The molecule has 8 aromatic rings. The molecule has 5 nitrogen and oxygen atoms in total. The van der Waals surface area contributed by atoms with Crippen molar-refractivity contribution in [2.45, 2.75) is 71.6 Å². The summed E-state index contributed by atoms with van der Waals surface area (Å²) in [5.41, 5.74) is 11.0. The molecule has 0 saturated carbocycles. The number of aromatic nitrogens is 2. The maximum Gasteiger partial charge on any atom is 0.135 e. The van der Waals surface area contributed by atoms with Crippen LogP contribution in [0.3, 0.4) is 0 Å². The Bertz CT molecular complexity index is 2780. The molecule has 0 atom stereocenters. The molecule has 2 aromatic heterocycles. The molecule has 0 bridgehead atoms. The quantitative estimate of drug-likeness (QED) is 0.149. The molecule has 0 aliphatic carbocycles. The van der Waals surface area contributed by atoms with Crippen LogP contribution in [-0.2, 0) is 58.4 Å². The zero-order valence-electron chi connectivity index (χ0n) is 35.3. The molecular weight excluding hydrogens is 1100 g/mol. The molecule has 0 amide bonds. The SMILES string of the molecule is CC(C)(C)c1cc(N2[CH-]N(c3[c-]c(Oc4[c-]c5c(cc4)c4ccccc4n5-c4cc(C(C)(C)c5ccccc5)ccn4)ccc3)c3ccccc32)cc(C(C)(C)C)c1.[Pt].[Pt]. The van der Waals surface area contributed by atoms with Crippen LogP contribution in [0.2, 0.25) is 0 Å². The van der Waals surface area contributed by atoms with E-state index in [1.54, 1.807) is 0 Å². The van der Waals surface area contributed by atoms with Crippen molar-refractivity contribution in [3.05, 3.63) is 187 Å². The summed E-state index contributed by atoms with van der Waals surface area (Å²) in [6.45, 7) is 20.4. The van der Waals surface area contributed by atoms with E-state index in [0.717, 1.165) is 50.4 Å². The van der Waals surface area contributed by atoms with Crippen molar-refractivity contribution < 1.29 is 46.9 Å². The summed E-state index contributed by atoms with van der Waals surface area (Å²) in [7, 11) is 0. The average Bonchev–Trinajstić information content (AvgIpc) is 3.77. The number of ether oxygens (including phenoxy) is 1. The smallest absolute Gasteiger partial charge is 0.135 e. The molecule has 3 heterocycles. The van der Waals surface area contributed by atoms with E-state index in [1.807, 2.05) is 24.4 Å². The monoisotopic (exact) mass is 1150 g/mol. The van der Waals surface area contributed by atoms with Gasteiger partial charge in [0.1, 0.15) is 5.82 Å². The van der Waals surface area contributed by atoms with Crippen molar-refractivity contribution in [1.82, 2.24) is 9.55 Å². The van der Waals surface area contributed by atoms with Gasteiger partial charge in [-0.05, 0) is 80.9 Å². The van der Waals surface area contributed by atoms with Gasteiger partial charge in [0.15, 0.2) is 0 Å². The molecule has 0 spiro atoms. The van der Waals surface area contributed by atoms with Crippen LogP contribution in [0.15, 0.2) is 146 Å². The van der Waals surface area contributed by atoms with Gasteiger partial charge in [-0.2, -0.15) is 12.1 Å². The second kappa shape index (κ2) is 16.5. The normalized spacial score (nSPS) is 12.9. The first-order valence-electron chi connectivity index (χ1n) is 20.1. The van der Waals surface area contributed by atoms with Crippen molar-refractivity contribution in [2.75, 3.05) is 9.80 Å². The van der Waals surface area contributed by atoms with E-state index in [0.29, 0.717) is 11.5 Å². The summed E-state index contributed by atoms with van der Waals surface area (Å²) >= 11 is 0. The number of fused-ring (bicyclic) bond motifs is 4. The molecule has 0 radical (unpaired) electrons. The van der Waals surface area contributed by atoms with Gasteiger partial charge < -0.3 is 19.1 Å². The van der Waals surface area contributed by atoms with Crippen LogP contribution in [0.25, 0.3) is 27.6 Å². The minimum atomic E-state index is -0.216. The summed E-state index contributed by atoms with van der Waals surface area (Å²) in [5.74, 6) is 2.05. The molecule has 0 unspecified atom stereocenters. The van der Waals surface area contributed by atoms with Crippen LogP contribution in [0, 0.1) is 18.8 Å². The molecule has 6 aromatic carbocycles. The predicted octanol–water partition coefficient (Wildman–Crippen LogP) is 13.9. The van der Waals surface area contributed by atoms with Gasteiger partial charge in [-0.25, -0.2) is 4.98 Å². The number of para-hydroxylation sites is 3. The first-order valence-corrected chi connectivity index (χ1v) is 20.1. The molecular formula is C53H49N4OPt2-3. The standard InChI is InChI=1S/C53H49N4O.2Pt/c1-51(2,3)38-29-39(52(4,5)6)31-41(30-38)56-35-55(47-23-14-15-24-48(47)56)40-19-16-20-42(33-40)58-43-25-26-45-44-21-12-13-22-46(44)57(49(45)34-43)50-32-37(27-28-54-50)53(7,8)36-17-10-9-11-18-36;;/h9-32,35H,1-8H3;;/q-3;;. The second-order valence-electron chi connectivity index (χ2n) is 17.9. The van der Waals surface area contributed by atoms with Crippen LogP contribution in [0.5, 0.6) is 11.5 Å². The van der Waals surface area contributed by atoms with Crippen molar-refractivity contribution in [2.24, 2.45) is 0 Å². The zero-order chi connectivity index (χ0) is 40.4. The number of benzene rings is 6. The third-order valence-electron chi connectivity index (χ3n) is 11.5. The van der Waals surface area contributed by atoms with Crippen LogP contribution < -0.4 is 14.5 Å². The Morgan fingerprint density at radius 1 is 0.533 bits per heavy atom. The van der Waals surface area contributed by atoms with Gasteiger partial charge in [0.25, 0.3) is 0 Å². The molecule has 0 fully saturated rings. The minimum absolute atomic E-state index is 0. The fourth-order valence-electron chi connectivity index (χ4n) is 8.00. The van der Waals surface area contributed by atoms with Gasteiger partial charge in [-0.15, -0.1) is 48.1 Å². The van der Waals surface area contributed by atoms with Crippen LogP contribution in [0.4, 0.5) is 22.7 Å². The number of hydrogen-bond acceptors (Lipinski definition) is 4. The van der Waals surface area contributed by atoms with E-state index < -0.39 is 0 Å². The minimum Gasteiger partial charge on any atom is -0.509 e. The van der Waals surface area contributed by atoms with Gasteiger partial charge in [-0.1, -0.05) is 128 Å². The third kappa shape index (κ3) is 8.00. The van der Waals surface area contributed by atoms with Crippen molar-refractivity contribution in [1.29, 1.82) is 0 Å². The van der Waals surface area contributed by atoms with Crippen LogP contribution in [0.1, 0.15) is 77.6 Å². The number of anilines is 4. The molecule has 1 aliphatic heterocycles. The topological polar surface area (TPSA) is 33.5 Å². The summed E-state index contributed by atoms with van der Waals surface area (Å²) in [4.78, 5) is 9.42. The van der Waals surface area contributed by atoms with Crippen molar-refractivity contribution in [3.63, 3.8) is 0 Å². The summed E-state index contributed by atoms with van der Waals surface area (Å²) in [6, 6.07) is 56.4. The fraction of sp³-hybridized carbons (Fsp3) is 0.208. The van der Waals surface area contributed by atoms with Crippen LogP contribution in [-0.4, -0.2) is 9.55 Å². The third-order valence-corrected chi connectivity index (χ3v) is 11.5.